The monoisotopic (exact) mass is 369 g/mol. The largest absolute Gasteiger partial charge is 0.494 e. The highest BCUT2D eigenvalue weighted by molar-refractivity contribution is 5.89. The van der Waals surface area contributed by atoms with Gasteiger partial charge in [-0.15, -0.1) is 0 Å². The SMILES string of the molecule is CCOc1ccc(NC(=O)N2CCC(N(C)c3cc(C)ncn3)CC2)cc1. The highest BCUT2D eigenvalue weighted by Gasteiger charge is 2.26. The summed E-state index contributed by atoms with van der Waals surface area (Å²) in [4.78, 5) is 25.1. The number of nitrogens with zero attached hydrogens (tertiary/aromatic N) is 4. The summed E-state index contributed by atoms with van der Waals surface area (Å²) < 4.78 is 5.42. The van der Waals surface area contributed by atoms with E-state index in [1.165, 1.54) is 0 Å². The van der Waals surface area contributed by atoms with Crippen molar-refractivity contribution in [2.75, 3.05) is 37.0 Å². The molecule has 0 atom stereocenters. The van der Waals surface area contributed by atoms with Crippen LogP contribution in [0.25, 0.3) is 0 Å². The first-order valence-corrected chi connectivity index (χ1v) is 9.37. The van der Waals surface area contributed by atoms with Gasteiger partial charge in [-0.1, -0.05) is 0 Å². The molecular weight excluding hydrogens is 342 g/mol. The van der Waals surface area contributed by atoms with E-state index in [4.69, 9.17) is 4.74 Å². The molecule has 0 radical (unpaired) electrons. The summed E-state index contributed by atoms with van der Waals surface area (Å²) in [7, 11) is 2.06. The van der Waals surface area contributed by atoms with Gasteiger partial charge >= 0.3 is 6.03 Å². The summed E-state index contributed by atoms with van der Waals surface area (Å²) >= 11 is 0. The average molecular weight is 369 g/mol. The molecule has 7 nitrogen and oxygen atoms in total. The summed E-state index contributed by atoms with van der Waals surface area (Å²) in [6.45, 7) is 5.99. The Morgan fingerprint density at radius 2 is 1.96 bits per heavy atom. The second kappa shape index (κ2) is 8.70. The molecule has 2 amide bonds. The van der Waals surface area contributed by atoms with Gasteiger partial charge in [-0.3, -0.25) is 0 Å². The van der Waals surface area contributed by atoms with Gasteiger partial charge in [0, 0.05) is 43.6 Å². The van der Waals surface area contributed by atoms with Gasteiger partial charge in [-0.2, -0.15) is 0 Å². The first-order chi connectivity index (χ1) is 13.1. The summed E-state index contributed by atoms with van der Waals surface area (Å²) in [5, 5.41) is 2.96. The van der Waals surface area contributed by atoms with Crippen LogP contribution in [0.4, 0.5) is 16.3 Å². The number of aryl methyl sites for hydroxylation is 1. The lowest BCUT2D eigenvalue weighted by atomic mass is 10.0. The van der Waals surface area contributed by atoms with Gasteiger partial charge in [0.15, 0.2) is 0 Å². The number of ether oxygens (including phenoxy) is 1. The molecule has 27 heavy (non-hydrogen) atoms. The fourth-order valence-corrected chi connectivity index (χ4v) is 3.28. The van der Waals surface area contributed by atoms with E-state index < -0.39 is 0 Å². The molecule has 0 unspecified atom stereocenters. The number of carbonyl (C=O) groups is 1. The molecule has 1 aliphatic heterocycles. The van der Waals surface area contributed by atoms with Crippen LogP contribution in [0.5, 0.6) is 5.75 Å². The van der Waals surface area contributed by atoms with E-state index in [0.29, 0.717) is 12.6 Å². The van der Waals surface area contributed by atoms with Crippen LogP contribution in [0.3, 0.4) is 0 Å². The molecule has 144 valence electrons. The van der Waals surface area contributed by atoms with Crippen molar-refractivity contribution in [1.82, 2.24) is 14.9 Å². The second-order valence-electron chi connectivity index (χ2n) is 6.73. The zero-order valence-electron chi connectivity index (χ0n) is 16.2. The third-order valence-electron chi connectivity index (χ3n) is 4.87. The van der Waals surface area contributed by atoms with Crippen LogP contribution < -0.4 is 15.0 Å². The summed E-state index contributed by atoms with van der Waals surface area (Å²) in [5.41, 5.74) is 1.73. The van der Waals surface area contributed by atoms with E-state index in [9.17, 15) is 4.79 Å². The number of likely N-dealkylation sites (tertiary alicyclic amines) is 1. The van der Waals surface area contributed by atoms with Crippen molar-refractivity contribution < 1.29 is 9.53 Å². The number of amides is 2. The van der Waals surface area contributed by atoms with Gasteiger partial charge in [0.2, 0.25) is 0 Å². The Bertz CT molecular complexity index is 757. The van der Waals surface area contributed by atoms with Crippen molar-refractivity contribution in [1.29, 1.82) is 0 Å². The van der Waals surface area contributed by atoms with Crippen LogP contribution >= 0.6 is 0 Å². The van der Waals surface area contributed by atoms with Crippen molar-refractivity contribution >= 4 is 17.5 Å². The van der Waals surface area contributed by atoms with Crippen LogP contribution in [0, 0.1) is 6.92 Å². The molecule has 2 heterocycles. The highest BCUT2D eigenvalue weighted by Crippen LogP contribution is 2.22. The number of benzene rings is 1. The number of anilines is 2. The molecule has 1 saturated heterocycles. The molecular formula is C20H27N5O2. The Balaban J connectivity index is 1.51. The van der Waals surface area contributed by atoms with Gasteiger partial charge in [0.05, 0.1) is 6.61 Å². The van der Waals surface area contributed by atoms with E-state index >= 15 is 0 Å². The van der Waals surface area contributed by atoms with Crippen molar-refractivity contribution in [2.45, 2.75) is 32.7 Å². The lowest BCUT2D eigenvalue weighted by Crippen LogP contribution is -2.47. The lowest BCUT2D eigenvalue weighted by Gasteiger charge is -2.37. The van der Waals surface area contributed by atoms with Crippen LogP contribution in [-0.4, -0.2) is 53.7 Å². The van der Waals surface area contributed by atoms with E-state index in [1.807, 2.05) is 49.1 Å². The van der Waals surface area contributed by atoms with Crippen LogP contribution in [0.2, 0.25) is 0 Å². The number of hydrogen-bond acceptors (Lipinski definition) is 5. The maximum absolute atomic E-state index is 12.5. The maximum atomic E-state index is 12.5. The van der Waals surface area contributed by atoms with Crippen molar-refractivity contribution in [3.63, 3.8) is 0 Å². The molecule has 3 rings (SSSR count). The minimum absolute atomic E-state index is 0.0573. The highest BCUT2D eigenvalue weighted by atomic mass is 16.5. The Hall–Kier alpha value is -2.83. The number of urea groups is 1. The minimum Gasteiger partial charge on any atom is -0.494 e. The summed E-state index contributed by atoms with van der Waals surface area (Å²) in [6, 6.07) is 9.76. The topological polar surface area (TPSA) is 70.6 Å². The fraction of sp³-hybridized carbons (Fsp3) is 0.450. The van der Waals surface area contributed by atoms with Gasteiger partial charge in [0.25, 0.3) is 0 Å². The molecule has 1 aromatic carbocycles. The molecule has 7 heteroatoms. The smallest absolute Gasteiger partial charge is 0.321 e. The van der Waals surface area contributed by atoms with Crippen LogP contribution in [-0.2, 0) is 0 Å². The third-order valence-corrected chi connectivity index (χ3v) is 4.87. The number of piperidine rings is 1. The van der Waals surface area contributed by atoms with Gasteiger partial charge < -0.3 is 19.9 Å². The number of rotatable bonds is 5. The standard InChI is InChI=1S/C20H27N5O2/c1-4-27-18-7-5-16(6-8-18)23-20(26)25-11-9-17(10-12-25)24(3)19-13-15(2)21-14-22-19/h5-8,13-14,17H,4,9-12H2,1-3H3,(H,23,26). The maximum Gasteiger partial charge on any atom is 0.321 e. The van der Waals surface area contributed by atoms with Crippen molar-refractivity contribution in [3.05, 3.63) is 42.4 Å². The van der Waals surface area contributed by atoms with Crippen molar-refractivity contribution in [3.8, 4) is 5.75 Å². The molecule has 0 aliphatic carbocycles. The molecule has 1 fully saturated rings. The van der Waals surface area contributed by atoms with Gasteiger partial charge in [0.1, 0.15) is 17.9 Å². The first kappa shape index (κ1) is 18.9. The Morgan fingerprint density at radius 3 is 2.59 bits per heavy atom. The van der Waals surface area contributed by atoms with E-state index in [2.05, 4.69) is 27.2 Å². The predicted molar refractivity (Wildman–Crippen MR) is 106 cm³/mol. The minimum atomic E-state index is -0.0573. The average Bonchev–Trinajstić information content (AvgIpc) is 2.69. The van der Waals surface area contributed by atoms with Crippen LogP contribution in [0.15, 0.2) is 36.7 Å². The second-order valence-corrected chi connectivity index (χ2v) is 6.73. The van der Waals surface area contributed by atoms with Crippen LogP contribution in [0.1, 0.15) is 25.5 Å². The number of aromatic nitrogens is 2. The molecule has 1 N–H and O–H groups in total. The summed E-state index contributed by atoms with van der Waals surface area (Å²) in [5.74, 6) is 1.74. The Labute approximate surface area is 160 Å². The van der Waals surface area contributed by atoms with E-state index in [-0.39, 0.29) is 6.03 Å². The van der Waals surface area contributed by atoms with Crippen molar-refractivity contribution in [2.24, 2.45) is 0 Å². The molecule has 1 aromatic heterocycles. The number of nitrogens with one attached hydrogen (secondary N) is 1. The molecule has 1 aliphatic rings. The molecule has 2 aromatic rings. The molecule has 0 saturated carbocycles. The Kier molecular flexibility index (Phi) is 6.11. The molecule has 0 spiro atoms. The van der Waals surface area contributed by atoms with Gasteiger partial charge in [-0.05, 0) is 51.0 Å². The fourth-order valence-electron chi connectivity index (χ4n) is 3.28. The zero-order chi connectivity index (χ0) is 19.2. The lowest BCUT2D eigenvalue weighted by molar-refractivity contribution is 0.194. The number of carbonyl (C=O) groups excluding carboxylic acids is 1. The first-order valence-electron chi connectivity index (χ1n) is 9.37. The van der Waals surface area contributed by atoms with Gasteiger partial charge in [-0.25, -0.2) is 14.8 Å². The number of hydrogen-bond donors (Lipinski definition) is 1. The normalized spacial score (nSPS) is 14.7. The zero-order valence-corrected chi connectivity index (χ0v) is 16.2. The van der Waals surface area contributed by atoms with E-state index in [0.717, 1.165) is 48.9 Å². The third kappa shape index (κ3) is 4.87. The molecule has 0 bridgehead atoms. The quantitative estimate of drug-likeness (QED) is 0.875. The Morgan fingerprint density at radius 1 is 1.26 bits per heavy atom. The predicted octanol–water partition coefficient (Wildman–Crippen LogP) is 3.32. The van der Waals surface area contributed by atoms with E-state index in [1.54, 1.807) is 6.33 Å². The summed E-state index contributed by atoms with van der Waals surface area (Å²) in [6.07, 6.45) is 3.42.